The van der Waals surface area contributed by atoms with Gasteiger partial charge < -0.3 is 16.0 Å². The SMILES string of the molecule is CNC(=O)c1ccc(NC(=O)CN[C@H](C)c2ccc(F)cc2F)cc1. The summed E-state index contributed by atoms with van der Waals surface area (Å²) in [7, 11) is 1.54. The zero-order valence-corrected chi connectivity index (χ0v) is 13.9. The molecule has 0 bridgehead atoms. The molecule has 0 fully saturated rings. The maximum atomic E-state index is 13.7. The van der Waals surface area contributed by atoms with E-state index >= 15 is 0 Å². The van der Waals surface area contributed by atoms with Gasteiger partial charge in [0, 0.05) is 36.0 Å². The fourth-order valence-corrected chi connectivity index (χ4v) is 2.26. The van der Waals surface area contributed by atoms with Gasteiger partial charge in [-0.3, -0.25) is 9.59 Å². The van der Waals surface area contributed by atoms with Crippen LogP contribution in [0.25, 0.3) is 0 Å². The Morgan fingerprint density at radius 2 is 1.76 bits per heavy atom. The van der Waals surface area contributed by atoms with Gasteiger partial charge in [-0.2, -0.15) is 0 Å². The third kappa shape index (κ3) is 5.09. The smallest absolute Gasteiger partial charge is 0.251 e. The zero-order valence-electron chi connectivity index (χ0n) is 13.9. The second-order valence-electron chi connectivity index (χ2n) is 5.47. The van der Waals surface area contributed by atoms with E-state index in [-0.39, 0.29) is 23.9 Å². The van der Waals surface area contributed by atoms with Gasteiger partial charge in [-0.15, -0.1) is 0 Å². The summed E-state index contributed by atoms with van der Waals surface area (Å²) in [6, 6.07) is 9.29. The van der Waals surface area contributed by atoms with Gasteiger partial charge in [0.05, 0.1) is 6.54 Å². The fraction of sp³-hybridized carbons (Fsp3) is 0.222. The molecule has 0 aromatic heterocycles. The zero-order chi connectivity index (χ0) is 18.4. The molecular formula is C18H19F2N3O2. The number of hydrogen-bond acceptors (Lipinski definition) is 3. The van der Waals surface area contributed by atoms with Gasteiger partial charge >= 0.3 is 0 Å². The Morgan fingerprint density at radius 1 is 1.08 bits per heavy atom. The molecule has 0 radical (unpaired) electrons. The van der Waals surface area contributed by atoms with Crippen molar-refractivity contribution in [2.45, 2.75) is 13.0 Å². The van der Waals surface area contributed by atoms with Crippen LogP contribution in [0.5, 0.6) is 0 Å². The molecular weight excluding hydrogens is 328 g/mol. The summed E-state index contributed by atoms with van der Waals surface area (Å²) in [5.41, 5.74) is 1.31. The minimum Gasteiger partial charge on any atom is -0.355 e. The average Bonchev–Trinajstić information content (AvgIpc) is 2.59. The monoisotopic (exact) mass is 347 g/mol. The summed E-state index contributed by atoms with van der Waals surface area (Å²) in [4.78, 5) is 23.4. The number of anilines is 1. The molecule has 0 aliphatic heterocycles. The first-order valence-corrected chi connectivity index (χ1v) is 7.71. The van der Waals surface area contributed by atoms with Crippen LogP contribution in [0, 0.1) is 11.6 Å². The Hall–Kier alpha value is -2.80. The Morgan fingerprint density at radius 3 is 2.36 bits per heavy atom. The molecule has 2 aromatic rings. The van der Waals surface area contributed by atoms with Crippen LogP contribution in [0.3, 0.4) is 0 Å². The van der Waals surface area contributed by atoms with Crippen molar-refractivity contribution < 1.29 is 18.4 Å². The molecule has 2 aromatic carbocycles. The summed E-state index contributed by atoms with van der Waals surface area (Å²) in [6.07, 6.45) is 0. The molecule has 7 heteroatoms. The summed E-state index contributed by atoms with van der Waals surface area (Å²) < 4.78 is 26.6. The van der Waals surface area contributed by atoms with E-state index < -0.39 is 17.7 Å². The van der Waals surface area contributed by atoms with Gasteiger partial charge in [0.1, 0.15) is 11.6 Å². The molecule has 2 amide bonds. The van der Waals surface area contributed by atoms with E-state index in [1.54, 1.807) is 31.2 Å². The van der Waals surface area contributed by atoms with Gasteiger partial charge in [0.15, 0.2) is 0 Å². The normalized spacial score (nSPS) is 11.7. The van der Waals surface area contributed by atoms with Crippen molar-refractivity contribution in [1.29, 1.82) is 0 Å². The molecule has 0 saturated carbocycles. The second-order valence-corrected chi connectivity index (χ2v) is 5.47. The van der Waals surface area contributed by atoms with Crippen molar-refractivity contribution >= 4 is 17.5 Å². The van der Waals surface area contributed by atoms with E-state index in [1.807, 2.05) is 0 Å². The minimum atomic E-state index is -0.662. The van der Waals surface area contributed by atoms with E-state index in [9.17, 15) is 18.4 Å². The van der Waals surface area contributed by atoms with Crippen LogP contribution < -0.4 is 16.0 Å². The average molecular weight is 347 g/mol. The maximum absolute atomic E-state index is 13.7. The van der Waals surface area contributed by atoms with Gasteiger partial charge in [-0.1, -0.05) is 6.07 Å². The summed E-state index contributed by atoms with van der Waals surface area (Å²) in [5, 5.41) is 8.06. The van der Waals surface area contributed by atoms with Gasteiger partial charge in [0.25, 0.3) is 5.91 Å². The molecule has 132 valence electrons. The lowest BCUT2D eigenvalue weighted by Gasteiger charge is -2.15. The Bertz CT molecular complexity index is 763. The molecule has 0 saturated heterocycles. The third-order valence-electron chi connectivity index (χ3n) is 3.66. The molecule has 2 rings (SSSR count). The number of rotatable bonds is 6. The van der Waals surface area contributed by atoms with Crippen molar-refractivity contribution in [2.24, 2.45) is 0 Å². The van der Waals surface area contributed by atoms with Crippen molar-refractivity contribution in [3.05, 3.63) is 65.2 Å². The van der Waals surface area contributed by atoms with Crippen LogP contribution in [0.15, 0.2) is 42.5 Å². The highest BCUT2D eigenvalue weighted by atomic mass is 19.1. The predicted octanol–water partition coefficient (Wildman–Crippen LogP) is 2.61. The molecule has 0 heterocycles. The Labute approximate surface area is 144 Å². The first-order chi connectivity index (χ1) is 11.9. The highest BCUT2D eigenvalue weighted by molar-refractivity contribution is 5.96. The number of carbonyl (C=O) groups is 2. The lowest BCUT2D eigenvalue weighted by molar-refractivity contribution is -0.115. The molecule has 1 atom stereocenters. The Kier molecular flexibility index (Phi) is 6.19. The number of benzene rings is 2. The first-order valence-electron chi connectivity index (χ1n) is 7.71. The Balaban J connectivity index is 1.88. The standard InChI is InChI=1S/C18H19F2N3O2/c1-11(15-8-5-13(19)9-16(15)20)22-10-17(24)23-14-6-3-12(4-7-14)18(25)21-2/h3-9,11,22H,10H2,1-2H3,(H,21,25)(H,23,24)/t11-/m1/s1. The summed E-state index contributed by atoms with van der Waals surface area (Å²) in [6.45, 7) is 1.64. The van der Waals surface area contributed by atoms with Crippen molar-refractivity contribution in [3.63, 3.8) is 0 Å². The lowest BCUT2D eigenvalue weighted by atomic mass is 10.1. The quantitative estimate of drug-likeness (QED) is 0.752. The molecule has 25 heavy (non-hydrogen) atoms. The van der Waals surface area contributed by atoms with Crippen molar-refractivity contribution in [3.8, 4) is 0 Å². The predicted molar refractivity (Wildman–Crippen MR) is 91.2 cm³/mol. The van der Waals surface area contributed by atoms with Crippen LogP contribution in [0.4, 0.5) is 14.5 Å². The van der Waals surface area contributed by atoms with Crippen LogP contribution in [0.2, 0.25) is 0 Å². The number of halogens is 2. The van der Waals surface area contributed by atoms with E-state index in [0.29, 0.717) is 11.3 Å². The highest BCUT2D eigenvalue weighted by Gasteiger charge is 2.13. The fourth-order valence-electron chi connectivity index (χ4n) is 2.26. The van der Waals surface area contributed by atoms with Gasteiger partial charge in [-0.25, -0.2) is 8.78 Å². The van der Waals surface area contributed by atoms with Crippen LogP contribution in [0.1, 0.15) is 28.9 Å². The number of amides is 2. The molecule has 0 unspecified atom stereocenters. The molecule has 5 nitrogen and oxygen atoms in total. The molecule has 0 aliphatic rings. The highest BCUT2D eigenvalue weighted by Crippen LogP contribution is 2.17. The first kappa shape index (κ1) is 18.5. The number of carbonyl (C=O) groups excluding carboxylic acids is 2. The van der Waals surface area contributed by atoms with Crippen LogP contribution >= 0.6 is 0 Å². The van der Waals surface area contributed by atoms with E-state index in [4.69, 9.17) is 0 Å². The second kappa shape index (κ2) is 8.34. The minimum absolute atomic E-state index is 0.0464. The van der Waals surface area contributed by atoms with E-state index in [1.165, 1.54) is 19.2 Å². The van der Waals surface area contributed by atoms with E-state index in [0.717, 1.165) is 6.07 Å². The van der Waals surface area contributed by atoms with Crippen molar-refractivity contribution in [2.75, 3.05) is 18.9 Å². The van der Waals surface area contributed by atoms with Crippen LogP contribution in [-0.4, -0.2) is 25.4 Å². The van der Waals surface area contributed by atoms with Gasteiger partial charge in [0.2, 0.25) is 5.91 Å². The summed E-state index contributed by atoms with van der Waals surface area (Å²) in [5.74, 6) is -1.84. The number of nitrogens with one attached hydrogen (secondary N) is 3. The molecule has 0 spiro atoms. The van der Waals surface area contributed by atoms with Crippen molar-refractivity contribution in [1.82, 2.24) is 10.6 Å². The molecule has 3 N–H and O–H groups in total. The van der Waals surface area contributed by atoms with E-state index in [2.05, 4.69) is 16.0 Å². The van der Waals surface area contributed by atoms with Gasteiger partial charge in [-0.05, 0) is 37.3 Å². The van der Waals surface area contributed by atoms with Crippen LogP contribution in [-0.2, 0) is 4.79 Å². The topological polar surface area (TPSA) is 70.2 Å². The number of hydrogen-bond donors (Lipinski definition) is 3. The molecule has 0 aliphatic carbocycles. The lowest BCUT2D eigenvalue weighted by Crippen LogP contribution is -2.30. The largest absolute Gasteiger partial charge is 0.355 e. The third-order valence-corrected chi connectivity index (χ3v) is 3.66. The maximum Gasteiger partial charge on any atom is 0.251 e. The summed E-state index contributed by atoms with van der Waals surface area (Å²) >= 11 is 0.